The molecular weight excluding hydrogens is 467 g/mol. The monoisotopic (exact) mass is 496 g/mol. The first kappa shape index (κ1) is 24.8. The minimum atomic E-state index is -3.91. The Morgan fingerprint density at radius 2 is 1.80 bits per heavy atom. The highest BCUT2D eigenvalue weighted by atomic mass is 32.2. The number of carbonyl (C=O) groups is 1. The molecule has 2 aromatic carbocycles. The number of halogens is 1. The number of nitrogens with zero attached hydrogens (tertiary/aromatic N) is 3. The molecule has 0 bridgehead atoms. The largest absolute Gasteiger partial charge is 0.363 e. The summed E-state index contributed by atoms with van der Waals surface area (Å²) in [6, 6.07) is 15.8. The molecule has 0 unspecified atom stereocenters. The standard InChI is InChI=1S/C26H29FN4O3S/c1-18-6-8-20(9-7-18)23-15-19(16-25(29-23)30(2)3)17-28-26(32)24-5-4-14-31(24)35(33,34)22-12-10-21(27)11-13-22/h6-13,15-16,24H,4-5,14,17H2,1-3H3,(H,28,32)/t24-/m0/s1. The molecule has 4 rings (SSSR count). The summed E-state index contributed by atoms with van der Waals surface area (Å²) in [4.78, 5) is 19.7. The third-order valence-electron chi connectivity index (χ3n) is 6.07. The van der Waals surface area contributed by atoms with Gasteiger partial charge in [-0.2, -0.15) is 4.31 Å². The van der Waals surface area contributed by atoms with E-state index >= 15 is 0 Å². The van der Waals surface area contributed by atoms with Gasteiger partial charge in [0.25, 0.3) is 0 Å². The molecule has 0 spiro atoms. The molecule has 1 N–H and O–H groups in total. The van der Waals surface area contributed by atoms with Crippen molar-refractivity contribution in [1.29, 1.82) is 0 Å². The molecule has 1 atom stereocenters. The number of sulfonamides is 1. The Bertz CT molecular complexity index is 1310. The molecule has 3 aromatic rings. The van der Waals surface area contributed by atoms with Gasteiger partial charge in [-0.05, 0) is 61.7 Å². The van der Waals surface area contributed by atoms with Gasteiger partial charge < -0.3 is 10.2 Å². The first-order valence-corrected chi connectivity index (χ1v) is 12.9. The van der Waals surface area contributed by atoms with Crippen molar-refractivity contribution in [1.82, 2.24) is 14.6 Å². The van der Waals surface area contributed by atoms with Crippen molar-refractivity contribution in [2.45, 2.75) is 37.2 Å². The fourth-order valence-electron chi connectivity index (χ4n) is 4.11. The molecule has 0 saturated carbocycles. The molecule has 1 fully saturated rings. The summed E-state index contributed by atoms with van der Waals surface area (Å²) >= 11 is 0. The Morgan fingerprint density at radius 3 is 2.46 bits per heavy atom. The van der Waals surface area contributed by atoms with Crippen molar-refractivity contribution in [3.05, 3.63) is 77.6 Å². The van der Waals surface area contributed by atoms with Gasteiger partial charge in [-0.15, -0.1) is 0 Å². The maximum Gasteiger partial charge on any atom is 0.243 e. The highest BCUT2D eigenvalue weighted by molar-refractivity contribution is 7.89. The lowest BCUT2D eigenvalue weighted by Crippen LogP contribution is -2.45. The van der Waals surface area contributed by atoms with Crippen LogP contribution in [0.2, 0.25) is 0 Å². The summed E-state index contributed by atoms with van der Waals surface area (Å²) in [6.07, 6.45) is 1.01. The van der Waals surface area contributed by atoms with Gasteiger partial charge in [0.15, 0.2) is 0 Å². The number of hydrogen-bond donors (Lipinski definition) is 1. The van der Waals surface area contributed by atoms with Crippen molar-refractivity contribution in [3.8, 4) is 11.3 Å². The molecule has 1 aliphatic rings. The number of pyridine rings is 1. The fraction of sp³-hybridized carbons (Fsp3) is 0.308. The van der Waals surface area contributed by atoms with Crippen molar-refractivity contribution >= 4 is 21.7 Å². The number of amides is 1. The topological polar surface area (TPSA) is 82.6 Å². The molecule has 0 radical (unpaired) electrons. The van der Waals surface area contributed by atoms with E-state index in [-0.39, 0.29) is 23.9 Å². The molecule has 1 aliphatic heterocycles. The number of rotatable bonds is 7. The van der Waals surface area contributed by atoms with Crippen LogP contribution >= 0.6 is 0 Å². The molecule has 9 heteroatoms. The molecular formula is C26H29FN4O3S. The Labute approximate surface area is 205 Å². The molecule has 2 heterocycles. The van der Waals surface area contributed by atoms with Crippen LogP contribution in [0, 0.1) is 12.7 Å². The van der Waals surface area contributed by atoms with Crippen LogP contribution in [0.3, 0.4) is 0 Å². The van der Waals surface area contributed by atoms with E-state index in [9.17, 15) is 17.6 Å². The summed E-state index contributed by atoms with van der Waals surface area (Å²) in [5.74, 6) is -0.110. The van der Waals surface area contributed by atoms with Crippen LogP contribution in [-0.4, -0.2) is 50.3 Å². The minimum absolute atomic E-state index is 0.0221. The molecule has 184 valence electrons. The van der Waals surface area contributed by atoms with Crippen molar-refractivity contribution in [2.75, 3.05) is 25.5 Å². The number of nitrogens with one attached hydrogen (secondary N) is 1. The van der Waals surface area contributed by atoms with Crippen LogP contribution in [0.15, 0.2) is 65.6 Å². The summed E-state index contributed by atoms with van der Waals surface area (Å²) in [6.45, 7) is 2.51. The summed E-state index contributed by atoms with van der Waals surface area (Å²) in [5.41, 5.74) is 3.78. The van der Waals surface area contributed by atoms with Gasteiger partial charge in [0, 0.05) is 32.7 Å². The van der Waals surface area contributed by atoms with Crippen LogP contribution in [0.25, 0.3) is 11.3 Å². The van der Waals surface area contributed by atoms with Crippen molar-refractivity contribution in [3.63, 3.8) is 0 Å². The molecule has 1 aromatic heterocycles. The molecule has 1 saturated heterocycles. The maximum absolute atomic E-state index is 13.3. The molecule has 7 nitrogen and oxygen atoms in total. The Kier molecular flexibility index (Phi) is 7.18. The molecule has 35 heavy (non-hydrogen) atoms. The third-order valence-corrected chi connectivity index (χ3v) is 7.99. The van der Waals surface area contributed by atoms with Gasteiger partial charge in [0.1, 0.15) is 17.7 Å². The number of carbonyl (C=O) groups excluding carboxylic acids is 1. The van der Waals surface area contributed by atoms with E-state index < -0.39 is 21.9 Å². The lowest BCUT2D eigenvalue weighted by atomic mass is 10.1. The second-order valence-corrected chi connectivity index (χ2v) is 10.8. The quantitative estimate of drug-likeness (QED) is 0.539. The lowest BCUT2D eigenvalue weighted by Gasteiger charge is -2.23. The SMILES string of the molecule is Cc1ccc(-c2cc(CNC(=O)[C@@H]3CCCN3S(=O)(=O)c3ccc(F)cc3)cc(N(C)C)n2)cc1. The van der Waals surface area contributed by atoms with Crippen LogP contribution in [-0.2, 0) is 21.4 Å². The van der Waals surface area contributed by atoms with Gasteiger partial charge in [0.2, 0.25) is 15.9 Å². The first-order chi connectivity index (χ1) is 16.6. The smallest absolute Gasteiger partial charge is 0.243 e. The second kappa shape index (κ2) is 10.1. The average Bonchev–Trinajstić information content (AvgIpc) is 3.34. The van der Waals surface area contributed by atoms with E-state index in [2.05, 4.69) is 5.32 Å². The van der Waals surface area contributed by atoms with Gasteiger partial charge in [0.05, 0.1) is 10.6 Å². The van der Waals surface area contributed by atoms with Gasteiger partial charge in [-0.1, -0.05) is 29.8 Å². The number of aromatic nitrogens is 1. The van der Waals surface area contributed by atoms with E-state index in [0.29, 0.717) is 12.8 Å². The Balaban J connectivity index is 1.52. The van der Waals surface area contributed by atoms with Crippen LogP contribution in [0.5, 0.6) is 0 Å². The first-order valence-electron chi connectivity index (χ1n) is 11.5. The molecule has 1 amide bonds. The predicted octanol–water partition coefficient (Wildman–Crippen LogP) is 3.73. The number of hydrogen-bond acceptors (Lipinski definition) is 5. The normalized spacial score (nSPS) is 16.3. The highest BCUT2D eigenvalue weighted by Crippen LogP contribution is 2.27. The predicted molar refractivity (Wildman–Crippen MR) is 134 cm³/mol. The van der Waals surface area contributed by atoms with Crippen LogP contribution in [0.1, 0.15) is 24.0 Å². The zero-order valence-corrected chi connectivity index (χ0v) is 20.8. The van der Waals surface area contributed by atoms with E-state index in [1.807, 2.05) is 62.3 Å². The van der Waals surface area contributed by atoms with Gasteiger partial charge in [-0.3, -0.25) is 4.79 Å². The number of aryl methyl sites for hydroxylation is 1. The summed E-state index contributed by atoms with van der Waals surface area (Å²) < 4.78 is 40.7. The average molecular weight is 497 g/mol. The summed E-state index contributed by atoms with van der Waals surface area (Å²) in [7, 11) is -0.101. The zero-order chi connectivity index (χ0) is 25.2. The summed E-state index contributed by atoms with van der Waals surface area (Å²) in [5, 5.41) is 2.91. The van der Waals surface area contributed by atoms with Crippen molar-refractivity contribution in [2.24, 2.45) is 0 Å². The fourth-order valence-corrected chi connectivity index (χ4v) is 5.77. The third kappa shape index (κ3) is 5.52. The van der Waals surface area contributed by atoms with E-state index in [0.717, 1.165) is 40.3 Å². The highest BCUT2D eigenvalue weighted by Gasteiger charge is 2.39. The van der Waals surface area contributed by atoms with Crippen molar-refractivity contribution < 1.29 is 17.6 Å². The lowest BCUT2D eigenvalue weighted by molar-refractivity contribution is -0.124. The maximum atomic E-state index is 13.3. The minimum Gasteiger partial charge on any atom is -0.363 e. The van der Waals surface area contributed by atoms with E-state index in [1.165, 1.54) is 16.4 Å². The van der Waals surface area contributed by atoms with Gasteiger partial charge in [-0.25, -0.2) is 17.8 Å². The Hall–Kier alpha value is -3.30. The molecule has 0 aliphatic carbocycles. The number of benzene rings is 2. The van der Waals surface area contributed by atoms with Crippen LogP contribution < -0.4 is 10.2 Å². The zero-order valence-electron chi connectivity index (χ0n) is 20.0. The second-order valence-electron chi connectivity index (χ2n) is 8.92. The van der Waals surface area contributed by atoms with E-state index in [1.54, 1.807) is 0 Å². The number of anilines is 1. The van der Waals surface area contributed by atoms with E-state index in [4.69, 9.17) is 4.98 Å². The Morgan fingerprint density at radius 1 is 1.11 bits per heavy atom. The van der Waals surface area contributed by atoms with Crippen LogP contribution in [0.4, 0.5) is 10.2 Å². The van der Waals surface area contributed by atoms with Gasteiger partial charge >= 0.3 is 0 Å².